The van der Waals surface area contributed by atoms with Gasteiger partial charge in [-0.2, -0.15) is 0 Å². The average Bonchev–Trinajstić information content (AvgIpc) is 2.79. The van der Waals surface area contributed by atoms with Gasteiger partial charge in [0.05, 0.1) is 22.2 Å². The molecule has 0 radical (unpaired) electrons. The first-order valence-corrected chi connectivity index (χ1v) is 9.91. The van der Waals surface area contributed by atoms with Crippen LogP contribution in [-0.2, 0) is 0 Å². The smallest absolute Gasteiger partial charge is 0.409 e. The Morgan fingerprint density at radius 1 is 0.656 bits per heavy atom. The maximum atomic E-state index is 12.4. The molecular weight excluding hydrogens is 408 g/mol. The van der Waals surface area contributed by atoms with Crippen molar-refractivity contribution in [3.8, 4) is 22.6 Å². The summed E-state index contributed by atoms with van der Waals surface area (Å²) < 4.78 is 11.4. The molecule has 2 heterocycles. The highest BCUT2D eigenvalue weighted by atomic mass is 16.6. The fraction of sp³-hybridized carbons (Fsp3) is 0.167. The molecule has 2 aromatic heterocycles. The van der Waals surface area contributed by atoms with Gasteiger partial charge in [0, 0.05) is 51.4 Å². The van der Waals surface area contributed by atoms with Crippen molar-refractivity contribution < 1.29 is 19.1 Å². The Labute approximate surface area is 185 Å². The van der Waals surface area contributed by atoms with Crippen LogP contribution < -0.4 is 9.47 Å². The quantitative estimate of drug-likeness (QED) is 0.473. The summed E-state index contributed by atoms with van der Waals surface area (Å²) >= 11 is 0. The summed E-state index contributed by atoms with van der Waals surface area (Å²) in [7, 11) is 6.41. The van der Waals surface area contributed by atoms with Gasteiger partial charge in [-0.05, 0) is 36.4 Å². The SMILES string of the molecule is CN(C)C(=O)Oc1ccc2cccnc2c1-c1c(OC(=O)N(C)C)ccc2cccnc12. The third kappa shape index (κ3) is 3.90. The van der Waals surface area contributed by atoms with Crippen LogP contribution in [0.5, 0.6) is 11.5 Å². The minimum Gasteiger partial charge on any atom is -0.409 e. The summed E-state index contributed by atoms with van der Waals surface area (Å²) in [6, 6.07) is 14.5. The average molecular weight is 430 g/mol. The van der Waals surface area contributed by atoms with E-state index in [1.54, 1.807) is 52.7 Å². The first-order chi connectivity index (χ1) is 15.4. The molecule has 2 amide bonds. The number of fused-ring (bicyclic) bond motifs is 2. The van der Waals surface area contributed by atoms with Gasteiger partial charge in [0.15, 0.2) is 0 Å². The maximum absolute atomic E-state index is 12.4. The number of hydrogen-bond acceptors (Lipinski definition) is 6. The largest absolute Gasteiger partial charge is 0.414 e. The van der Waals surface area contributed by atoms with Crippen molar-refractivity contribution in [1.82, 2.24) is 19.8 Å². The summed E-state index contributed by atoms with van der Waals surface area (Å²) in [5.74, 6) is 0.574. The van der Waals surface area contributed by atoms with Crippen molar-refractivity contribution in [3.05, 3.63) is 60.9 Å². The van der Waals surface area contributed by atoms with E-state index in [4.69, 9.17) is 9.47 Å². The van der Waals surface area contributed by atoms with Gasteiger partial charge in [-0.15, -0.1) is 0 Å². The number of pyridine rings is 2. The molecule has 32 heavy (non-hydrogen) atoms. The predicted molar refractivity (Wildman–Crippen MR) is 122 cm³/mol. The Balaban J connectivity index is 2.07. The van der Waals surface area contributed by atoms with Crippen LogP contribution in [-0.4, -0.2) is 60.1 Å². The van der Waals surface area contributed by atoms with Crippen molar-refractivity contribution in [2.75, 3.05) is 28.2 Å². The van der Waals surface area contributed by atoms with E-state index in [0.717, 1.165) is 10.8 Å². The Hall–Kier alpha value is -4.20. The fourth-order valence-corrected chi connectivity index (χ4v) is 3.28. The van der Waals surface area contributed by atoms with Gasteiger partial charge in [0.2, 0.25) is 0 Å². The topological polar surface area (TPSA) is 84.9 Å². The predicted octanol–water partition coefficient (Wildman–Crippen LogP) is 4.57. The molecule has 0 unspecified atom stereocenters. The maximum Gasteiger partial charge on any atom is 0.414 e. The van der Waals surface area contributed by atoms with Crippen LogP contribution in [0.25, 0.3) is 32.9 Å². The van der Waals surface area contributed by atoms with Crippen molar-refractivity contribution in [1.29, 1.82) is 0 Å². The van der Waals surface area contributed by atoms with Crippen LogP contribution in [0.1, 0.15) is 0 Å². The van der Waals surface area contributed by atoms with E-state index in [0.29, 0.717) is 22.2 Å². The van der Waals surface area contributed by atoms with E-state index < -0.39 is 12.2 Å². The summed E-state index contributed by atoms with van der Waals surface area (Å²) in [4.78, 5) is 36.6. The number of rotatable bonds is 3. The van der Waals surface area contributed by atoms with Crippen LogP contribution >= 0.6 is 0 Å². The number of hydrogen-bond donors (Lipinski definition) is 0. The molecule has 4 aromatic rings. The zero-order valence-corrected chi connectivity index (χ0v) is 18.2. The first-order valence-electron chi connectivity index (χ1n) is 9.91. The Morgan fingerprint density at radius 2 is 1.06 bits per heavy atom. The van der Waals surface area contributed by atoms with Crippen LogP contribution in [0.3, 0.4) is 0 Å². The molecule has 0 aliphatic rings. The van der Waals surface area contributed by atoms with Gasteiger partial charge in [0.25, 0.3) is 0 Å². The van der Waals surface area contributed by atoms with Crippen LogP contribution in [0.15, 0.2) is 60.9 Å². The second-order valence-corrected chi connectivity index (χ2v) is 7.55. The molecule has 4 rings (SSSR count). The number of benzene rings is 2. The number of carbonyl (C=O) groups is 2. The number of nitrogens with zero attached hydrogens (tertiary/aromatic N) is 4. The molecule has 0 N–H and O–H groups in total. The second-order valence-electron chi connectivity index (χ2n) is 7.55. The molecule has 0 bridgehead atoms. The van der Waals surface area contributed by atoms with Gasteiger partial charge in [-0.3, -0.25) is 9.97 Å². The second kappa shape index (κ2) is 8.50. The molecule has 0 saturated carbocycles. The zero-order chi connectivity index (χ0) is 22.8. The van der Waals surface area contributed by atoms with Crippen molar-refractivity contribution in [2.24, 2.45) is 0 Å². The molecule has 0 saturated heterocycles. The molecule has 0 atom stereocenters. The minimum atomic E-state index is -0.540. The third-order valence-corrected chi connectivity index (χ3v) is 4.85. The summed E-state index contributed by atoms with van der Waals surface area (Å²) in [6.45, 7) is 0. The van der Waals surface area contributed by atoms with Crippen molar-refractivity contribution >= 4 is 34.0 Å². The van der Waals surface area contributed by atoms with Crippen LogP contribution in [0.4, 0.5) is 9.59 Å². The Bertz CT molecular complexity index is 1230. The molecule has 0 aliphatic heterocycles. The van der Waals surface area contributed by atoms with Gasteiger partial charge < -0.3 is 19.3 Å². The summed E-state index contributed by atoms with van der Waals surface area (Å²) in [5, 5.41) is 1.68. The van der Waals surface area contributed by atoms with Gasteiger partial charge in [-0.25, -0.2) is 9.59 Å². The molecule has 0 fully saturated rings. The Morgan fingerprint density at radius 3 is 1.44 bits per heavy atom. The molecule has 0 spiro atoms. The molecule has 8 nitrogen and oxygen atoms in total. The van der Waals surface area contributed by atoms with E-state index in [-0.39, 0.29) is 11.5 Å². The van der Waals surface area contributed by atoms with E-state index in [1.165, 1.54) is 9.80 Å². The third-order valence-electron chi connectivity index (χ3n) is 4.85. The fourth-order valence-electron chi connectivity index (χ4n) is 3.28. The van der Waals surface area contributed by atoms with Crippen molar-refractivity contribution in [3.63, 3.8) is 0 Å². The molecule has 162 valence electrons. The summed E-state index contributed by atoms with van der Waals surface area (Å²) in [6.07, 6.45) is 2.24. The molecular formula is C24H22N4O4. The van der Waals surface area contributed by atoms with Gasteiger partial charge in [-0.1, -0.05) is 12.1 Å². The lowest BCUT2D eigenvalue weighted by Crippen LogP contribution is -2.26. The highest BCUT2D eigenvalue weighted by Gasteiger charge is 2.24. The standard InChI is InChI=1S/C24H22N4O4/c1-27(2)23(29)31-17-11-9-15-7-5-13-25-21(15)19(17)20-18(32-24(30)28(3)4)12-10-16-8-6-14-26-22(16)20/h5-14H,1-4H3. The highest BCUT2D eigenvalue weighted by molar-refractivity contribution is 6.07. The van der Waals surface area contributed by atoms with Crippen LogP contribution in [0, 0.1) is 0 Å². The normalized spacial score (nSPS) is 10.8. The van der Waals surface area contributed by atoms with E-state index in [2.05, 4.69) is 9.97 Å². The zero-order valence-electron chi connectivity index (χ0n) is 18.2. The molecule has 2 aromatic carbocycles. The van der Waals surface area contributed by atoms with Crippen molar-refractivity contribution in [2.45, 2.75) is 0 Å². The molecule has 8 heteroatoms. The first kappa shape index (κ1) is 21.0. The lowest BCUT2D eigenvalue weighted by Gasteiger charge is -2.19. The monoisotopic (exact) mass is 430 g/mol. The number of amides is 2. The number of aromatic nitrogens is 2. The Kier molecular flexibility index (Phi) is 5.59. The lowest BCUT2D eigenvalue weighted by atomic mass is 9.97. The minimum absolute atomic E-state index is 0.287. The lowest BCUT2D eigenvalue weighted by molar-refractivity contribution is 0.170. The van der Waals surface area contributed by atoms with Gasteiger partial charge >= 0.3 is 12.2 Å². The van der Waals surface area contributed by atoms with Crippen LogP contribution in [0.2, 0.25) is 0 Å². The van der Waals surface area contributed by atoms with E-state index in [1.807, 2.05) is 36.4 Å². The number of carbonyl (C=O) groups excluding carboxylic acids is 2. The van der Waals surface area contributed by atoms with Gasteiger partial charge in [0.1, 0.15) is 11.5 Å². The molecule has 0 aliphatic carbocycles. The number of ether oxygens (including phenoxy) is 2. The van der Waals surface area contributed by atoms with E-state index in [9.17, 15) is 9.59 Å². The highest BCUT2D eigenvalue weighted by Crippen LogP contribution is 2.44. The van der Waals surface area contributed by atoms with E-state index >= 15 is 0 Å². The summed E-state index contributed by atoms with van der Waals surface area (Å²) in [5.41, 5.74) is 2.22.